The standard InChI is InChI=1S/C12H23N/c1-10-6-7-13-12(8-10)9-11-4-2-3-5-11/h10-13H,2-9H2,1H3. The molecule has 2 atom stereocenters. The average Bonchev–Trinajstić information content (AvgIpc) is 2.57. The van der Waals surface area contributed by atoms with Crippen molar-refractivity contribution in [3.05, 3.63) is 0 Å². The molecule has 76 valence electrons. The molecular weight excluding hydrogens is 158 g/mol. The highest BCUT2D eigenvalue weighted by atomic mass is 14.9. The lowest BCUT2D eigenvalue weighted by Gasteiger charge is -2.30. The van der Waals surface area contributed by atoms with Crippen LogP contribution in [0.25, 0.3) is 0 Å². The first kappa shape index (κ1) is 9.51. The molecule has 0 amide bonds. The van der Waals surface area contributed by atoms with Gasteiger partial charge in [0.15, 0.2) is 0 Å². The van der Waals surface area contributed by atoms with Gasteiger partial charge in [0.1, 0.15) is 0 Å². The van der Waals surface area contributed by atoms with Crippen LogP contribution in [-0.2, 0) is 0 Å². The molecule has 1 saturated heterocycles. The molecule has 2 rings (SSSR count). The maximum atomic E-state index is 3.68. The predicted octanol–water partition coefficient (Wildman–Crippen LogP) is 2.95. The first-order valence-electron chi connectivity index (χ1n) is 6.08. The molecule has 2 aliphatic rings. The van der Waals surface area contributed by atoms with E-state index in [0.29, 0.717) is 0 Å². The highest BCUT2D eigenvalue weighted by molar-refractivity contribution is 4.80. The van der Waals surface area contributed by atoms with Gasteiger partial charge in [-0.25, -0.2) is 0 Å². The first-order chi connectivity index (χ1) is 6.34. The quantitative estimate of drug-likeness (QED) is 0.690. The van der Waals surface area contributed by atoms with Crippen molar-refractivity contribution in [1.82, 2.24) is 5.32 Å². The van der Waals surface area contributed by atoms with E-state index >= 15 is 0 Å². The van der Waals surface area contributed by atoms with Gasteiger partial charge in [0.2, 0.25) is 0 Å². The Bertz CT molecular complexity index is 149. The maximum absolute atomic E-state index is 3.68. The Balaban J connectivity index is 1.73. The summed E-state index contributed by atoms with van der Waals surface area (Å²) in [5.41, 5.74) is 0. The summed E-state index contributed by atoms with van der Waals surface area (Å²) in [6.07, 6.45) is 10.3. The summed E-state index contributed by atoms with van der Waals surface area (Å²) in [5.74, 6) is 2.02. The summed E-state index contributed by atoms with van der Waals surface area (Å²) < 4.78 is 0. The number of hydrogen-bond donors (Lipinski definition) is 1. The fourth-order valence-corrected chi connectivity index (χ4v) is 3.05. The molecule has 1 heteroatoms. The van der Waals surface area contributed by atoms with E-state index < -0.39 is 0 Å². The van der Waals surface area contributed by atoms with Crippen LogP contribution >= 0.6 is 0 Å². The lowest BCUT2D eigenvalue weighted by molar-refractivity contribution is 0.277. The molecule has 1 saturated carbocycles. The number of piperidine rings is 1. The minimum atomic E-state index is 0.854. The Hall–Kier alpha value is -0.0400. The fourth-order valence-electron chi connectivity index (χ4n) is 3.05. The number of nitrogens with one attached hydrogen (secondary N) is 1. The molecule has 0 aromatic heterocycles. The Morgan fingerprint density at radius 1 is 1.15 bits per heavy atom. The van der Waals surface area contributed by atoms with E-state index in [9.17, 15) is 0 Å². The van der Waals surface area contributed by atoms with Crippen LogP contribution in [0.15, 0.2) is 0 Å². The van der Waals surface area contributed by atoms with Crippen LogP contribution in [0, 0.1) is 11.8 Å². The summed E-state index contributed by atoms with van der Waals surface area (Å²) in [7, 11) is 0. The van der Waals surface area contributed by atoms with Crippen molar-refractivity contribution in [2.75, 3.05) is 6.54 Å². The zero-order chi connectivity index (χ0) is 9.10. The van der Waals surface area contributed by atoms with Crippen LogP contribution < -0.4 is 5.32 Å². The van der Waals surface area contributed by atoms with E-state index in [-0.39, 0.29) is 0 Å². The summed E-state index contributed by atoms with van der Waals surface area (Å²) >= 11 is 0. The largest absolute Gasteiger partial charge is 0.314 e. The van der Waals surface area contributed by atoms with Gasteiger partial charge in [-0.1, -0.05) is 32.6 Å². The van der Waals surface area contributed by atoms with Crippen LogP contribution in [0.2, 0.25) is 0 Å². The van der Waals surface area contributed by atoms with Crippen molar-refractivity contribution < 1.29 is 0 Å². The molecule has 0 aromatic rings. The Morgan fingerprint density at radius 3 is 2.62 bits per heavy atom. The molecule has 13 heavy (non-hydrogen) atoms. The molecule has 1 N–H and O–H groups in total. The van der Waals surface area contributed by atoms with Gasteiger partial charge in [0.05, 0.1) is 0 Å². The molecule has 2 unspecified atom stereocenters. The van der Waals surface area contributed by atoms with Crippen molar-refractivity contribution in [3.8, 4) is 0 Å². The van der Waals surface area contributed by atoms with Crippen LogP contribution in [0.3, 0.4) is 0 Å². The molecule has 1 aliphatic carbocycles. The van der Waals surface area contributed by atoms with Gasteiger partial charge in [-0.3, -0.25) is 0 Å². The van der Waals surface area contributed by atoms with Gasteiger partial charge < -0.3 is 5.32 Å². The predicted molar refractivity (Wildman–Crippen MR) is 56.8 cm³/mol. The number of hydrogen-bond acceptors (Lipinski definition) is 1. The molecule has 1 nitrogen and oxygen atoms in total. The second kappa shape index (κ2) is 4.45. The fraction of sp³-hybridized carbons (Fsp3) is 1.00. The molecule has 0 spiro atoms. The zero-order valence-corrected chi connectivity index (χ0v) is 8.89. The van der Waals surface area contributed by atoms with E-state index in [1.807, 2.05) is 0 Å². The lowest BCUT2D eigenvalue weighted by atomic mass is 9.88. The minimum absolute atomic E-state index is 0.854. The average molecular weight is 181 g/mol. The minimum Gasteiger partial charge on any atom is -0.314 e. The molecule has 0 aromatic carbocycles. The third-order valence-electron chi connectivity index (χ3n) is 3.85. The van der Waals surface area contributed by atoms with Crippen molar-refractivity contribution in [1.29, 1.82) is 0 Å². The van der Waals surface area contributed by atoms with Crippen molar-refractivity contribution in [3.63, 3.8) is 0 Å². The summed E-state index contributed by atoms with van der Waals surface area (Å²) in [6.45, 7) is 3.67. The second-order valence-electron chi connectivity index (χ2n) is 5.17. The van der Waals surface area contributed by atoms with Crippen molar-refractivity contribution in [2.24, 2.45) is 11.8 Å². The van der Waals surface area contributed by atoms with Gasteiger partial charge in [-0.2, -0.15) is 0 Å². The molecule has 1 aliphatic heterocycles. The lowest BCUT2D eigenvalue weighted by Crippen LogP contribution is -2.38. The third-order valence-corrected chi connectivity index (χ3v) is 3.85. The Morgan fingerprint density at radius 2 is 1.92 bits per heavy atom. The van der Waals surface area contributed by atoms with E-state index in [4.69, 9.17) is 0 Å². The van der Waals surface area contributed by atoms with E-state index in [1.54, 1.807) is 0 Å². The van der Waals surface area contributed by atoms with E-state index in [1.165, 1.54) is 51.5 Å². The molecule has 1 heterocycles. The highest BCUT2D eigenvalue weighted by Crippen LogP contribution is 2.30. The third kappa shape index (κ3) is 2.70. The van der Waals surface area contributed by atoms with Crippen LogP contribution in [0.4, 0.5) is 0 Å². The number of rotatable bonds is 2. The molecule has 0 bridgehead atoms. The molecule has 2 fully saturated rings. The second-order valence-corrected chi connectivity index (χ2v) is 5.17. The summed E-state index contributed by atoms with van der Waals surface area (Å²) in [6, 6.07) is 0.854. The Labute approximate surface area is 82.3 Å². The normalized spacial score (nSPS) is 36.7. The van der Waals surface area contributed by atoms with E-state index in [0.717, 1.165) is 17.9 Å². The molecule has 0 radical (unpaired) electrons. The highest BCUT2D eigenvalue weighted by Gasteiger charge is 2.23. The first-order valence-corrected chi connectivity index (χ1v) is 6.08. The maximum Gasteiger partial charge on any atom is 0.00722 e. The Kier molecular flexibility index (Phi) is 3.26. The van der Waals surface area contributed by atoms with Crippen LogP contribution in [0.1, 0.15) is 51.9 Å². The summed E-state index contributed by atoms with van der Waals surface area (Å²) in [5, 5.41) is 3.68. The molecular formula is C12H23N. The van der Waals surface area contributed by atoms with Crippen LogP contribution in [-0.4, -0.2) is 12.6 Å². The van der Waals surface area contributed by atoms with Gasteiger partial charge in [-0.15, -0.1) is 0 Å². The summed E-state index contributed by atoms with van der Waals surface area (Å²) in [4.78, 5) is 0. The van der Waals surface area contributed by atoms with Gasteiger partial charge in [-0.05, 0) is 37.6 Å². The van der Waals surface area contributed by atoms with Gasteiger partial charge in [0, 0.05) is 6.04 Å². The SMILES string of the molecule is CC1CCNC(CC2CCCC2)C1. The van der Waals surface area contributed by atoms with Gasteiger partial charge >= 0.3 is 0 Å². The van der Waals surface area contributed by atoms with Crippen molar-refractivity contribution >= 4 is 0 Å². The van der Waals surface area contributed by atoms with Gasteiger partial charge in [0.25, 0.3) is 0 Å². The van der Waals surface area contributed by atoms with Crippen LogP contribution in [0.5, 0.6) is 0 Å². The smallest absolute Gasteiger partial charge is 0.00722 e. The van der Waals surface area contributed by atoms with Crippen molar-refractivity contribution in [2.45, 2.75) is 57.9 Å². The van der Waals surface area contributed by atoms with E-state index in [2.05, 4.69) is 12.2 Å². The topological polar surface area (TPSA) is 12.0 Å². The zero-order valence-electron chi connectivity index (χ0n) is 8.89. The monoisotopic (exact) mass is 181 g/mol.